The van der Waals surface area contributed by atoms with Crippen LogP contribution in [0.4, 0.5) is 0 Å². The second-order valence-corrected chi connectivity index (χ2v) is 6.67. The van der Waals surface area contributed by atoms with Crippen LogP contribution < -0.4 is 4.74 Å². The molecular weight excluding hydrogens is 378 g/mol. The van der Waals surface area contributed by atoms with Crippen molar-refractivity contribution in [2.75, 3.05) is 7.11 Å². The zero-order valence-electron chi connectivity index (χ0n) is 15.0. The molecule has 28 heavy (non-hydrogen) atoms. The Balaban J connectivity index is 1.88. The molecule has 0 amide bonds. The van der Waals surface area contributed by atoms with Gasteiger partial charge in [-0.2, -0.15) is 5.10 Å². The standard InChI is InChI=1S/C21H16ClN3O3/c1-28-16-6-2-4-13(10-16)20-17(19-9-8-14(22)12-25(19)24-20)11-15-5-3-7-18(23-15)21(26)27/h2-10,12H,11H2,1H3,(H,26,27). The topological polar surface area (TPSA) is 76.7 Å². The minimum absolute atomic E-state index is 0.0138. The Morgan fingerprint density at radius 2 is 2.00 bits per heavy atom. The monoisotopic (exact) mass is 393 g/mol. The molecule has 0 radical (unpaired) electrons. The van der Waals surface area contributed by atoms with E-state index < -0.39 is 5.97 Å². The summed E-state index contributed by atoms with van der Waals surface area (Å²) >= 11 is 6.13. The largest absolute Gasteiger partial charge is 0.497 e. The highest BCUT2D eigenvalue weighted by atomic mass is 35.5. The van der Waals surface area contributed by atoms with Gasteiger partial charge >= 0.3 is 5.97 Å². The Hall–Kier alpha value is -3.38. The molecule has 1 aromatic carbocycles. The van der Waals surface area contributed by atoms with Crippen LogP contribution in [0.5, 0.6) is 5.75 Å². The number of nitrogens with zero attached hydrogens (tertiary/aromatic N) is 3. The number of fused-ring (bicyclic) bond motifs is 1. The van der Waals surface area contributed by atoms with Gasteiger partial charge in [-0.05, 0) is 36.4 Å². The van der Waals surface area contributed by atoms with E-state index in [9.17, 15) is 9.90 Å². The Bertz CT molecular complexity index is 1190. The molecule has 0 saturated carbocycles. The van der Waals surface area contributed by atoms with E-state index in [1.165, 1.54) is 6.07 Å². The number of aromatic carboxylic acids is 1. The van der Waals surface area contributed by atoms with Crippen molar-refractivity contribution < 1.29 is 14.6 Å². The van der Waals surface area contributed by atoms with Crippen LogP contribution in [0.25, 0.3) is 16.8 Å². The van der Waals surface area contributed by atoms with Crippen molar-refractivity contribution in [1.82, 2.24) is 14.6 Å². The van der Waals surface area contributed by atoms with Gasteiger partial charge in [0, 0.05) is 29.4 Å². The number of hydrogen-bond acceptors (Lipinski definition) is 4. The number of rotatable bonds is 5. The molecule has 4 rings (SSSR count). The van der Waals surface area contributed by atoms with Crippen LogP contribution in [0, 0.1) is 0 Å². The second kappa shape index (κ2) is 7.32. The molecule has 0 saturated heterocycles. The van der Waals surface area contributed by atoms with Crippen LogP contribution in [0.3, 0.4) is 0 Å². The summed E-state index contributed by atoms with van der Waals surface area (Å²) < 4.78 is 7.07. The maximum absolute atomic E-state index is 11.3. The Kier molecular flexibility index (Phi) is 4.71. The maximum atomic E-state index is 11.3. The highest BCUT2D eigenvalue weighted by Gasteiger charge is 2.17. The van der Waals surface area contributed by atoms with Gasteiger partial charge in [0.2, 0.25) is 0 Å². The number of halogens is 1. The quantitative estimate of drug-likeness (QED) is 0.545. The van der Waals surface area contributed by atoms with Gasteiger partial charge in [0.15, 0.2) is 0 Å². The first-order chi connectivity index (χ1) is 13.5. The van der Waals surface area contributed by atoms with Crippen molar-refractivity contribution in [2.45, 2.75) is 6.42 Å². The second-order valence-electron chi connectivity index (χ2n) is 6.23. The molecule has 0 fully saturated rings. The third-order valence-electron chi connectivity index (χ3n) is 4.42. The van der Waals surface area contributed by atoms with E-state index in [2.05, 4.69) is 4.98 Å². The van der Waals surface area contributed by atoms with Crippen LogP contribution in [0.2, 0.25) is 5.02 Å². The SMILES string of the molecule is COc1cccc(-c2nn3cc(Cl)ccc3c2Cc2cccc(C(=O)O)n2)c1. The lowest BCUT2D eigenvalue weighted by molar-refractivity contribution is 0.0690. The Labute approximate surface area is 166 Å². The minimum Gasteiger partial charge on any atom is -0.497 e. The molecule has 0 spiro atoms. The molecule has 0 aliphatic heterocycles. The van der Waals surface area contributed by atoms with Crippen LogP contribution in [-0.4, -0.2) is 32.8 Å². The lowest BCUT2D eigenvalue weighted by Gasteiger charge is -2.06. The highest BCUT2D eigenvalue weighted by molar-refractivity contribution is 6.30. The van der Waals surface area contributed by atoms with Crippen LogP contribution in [0.1, 0.15) is 21.7 Å². The number of pyridine rings is 2. The smallest absolute Gasteiger partial charge is 0.354 e. The fourth-order valence-corrected chi connectivity index (χ4v) is 3.29. The summed E-state index contributed by atoms with van der Waals surface area (Å²) in [5.41, 5.74) is 4.13. The first-order valence-electron chi connectivity index (χ1n) is 8.55. The Morgan fingerprint density at radius 1 is 1.18 bits per heavy atom. The lowest BCUT2D eigenvalue weighted by atomic mass is 10.0. The van der Waals surface area contributed by atoms with Gasteiger partial charge in [-0.3, -0.25) is 0 Å². The third-order valence-corrected chi connectivity index (χ3v) is 4.65. The maximum Gasteiger partial charge on any atom is 0.354 e. The molecule has 0 atom stereocenters. The summed E-state index contributed by atoms with van der Waals surface area (Å²) in [6.45, 7) is 0. The lowest BCUT2D eigenvalue weighted by Crippen LogP contribution is -2.03. The predicted octanol–water partition coefficient (Wildman–Crippen LogP) is 4.35. The van der Waals surface area contributed by atoms with Gasteiger partial charge < -0.3 is 9.84 Å². The summed E-state index contributed by atoms with van der Waals surface area (Å²) in [6, 6.07) is 16.3. The van der Waals surface area contributed by atoms with Crippen LogP contribution in [-0.2, 0) is 6.42 Å². The number of hydrogen-bond donors (Lipinski definition) is 1. The Morgan fingerprint density at radius 3 is 2.79 bits per heavy atom. The molecule has 7 heteroatoms. The molecule has 3 aromatic heterocycles. The van der Waals surface area contributed by atoms with Gasteiger partial charge in [0.1, 0.15) is 11.4 Å². The number of carboxylic acids is 1. The number of methoxy groups -OCH3 is 1. The van der Waals surface area contributed by atoms with E-state index in [-0.39, 0.29) is 5.69 Å². The van der Waals surface area contributed by atoms with Crippen molar-refractivity contribution in [3.05, 3.63) is 82.8 Å². The van der Waals surface area contributed by atoms with Gasteiger partial charge in [-0.15, -0.1) is 0 Å². The van der Waals surface area contributed by atoms with Gasteiger partial charge in [0.25, 0.3) is 0 Å². The first kappa shape index (κ1) is 18.0. The fourth-order valence-electron chi connectivity index (χ4n) is 3.13. The van der Waals surface area contributed by atoms with E-state index >= 15 is 0 Å². The molecule has 4 aromatic rings. The first-order valence-corrected chi connectivity index (χ1v) is 8.93. The molecule has 1 N–H and O–H groups in total. The van der Waals surface area contributed by atoms with Crippen LogP contribution >= 0.6 is 11.6 Å². The minimum atomic E-state index is -1.05. The van der Waals surface area contributed by atoms with Crippen molar-refractivity contribution >= 4 is 23.1 Å². The fraction of sp³-hybridized carbons (Fsp3) is 0.0952. The molecule has 0 unspecified atom stereocenters. The molecule has 6 nitrogen and oxygen atoms in total. The number of ether oxygens (including phenoxy) is 1. The van der Waals surface area contributed by atoms with E-state index in [4.69, 9.17) is 21.4 Å². The molecule has 0 aliphatic rings. The van der Waals surface area contributed by atoms with Gasteiger partial charge in [0.05, 0.1) is 23.3 Å². The average Bonchev–Trinajstić information content (AvgIpc) is 3.05. The number of aromatic nitrogens is 3. The summed E-state index contributed by atoms with van der Waals surface area (Å²) in [6.07, 6.45) is 2.17. The molecule has 140 valence electrons. The zero-order valence-corrected chi connectivity index (χ0v) is 15.7. The predicted molar refractivity (Wildman–Crippen MR) is 106 cm³/mol. The number of benzene rings is 1. The van der Waals surface area contributed by atoms with Crippen molar-refractivity contribution in [3.8, 4) is 17.0 Å². The van der Waals surface area contributed by atoms with Crippen molar-refractivity contribution in [3.63, 3.8) is 0 Å². The van der Waals surface area contributed by atoms with E-state index in [0.29, 0.717) is 17.1 Å². The summed E-state index contributed by atoms with van der Waals surface area (Å²) in [7, 11) is 1.62. The summed E-state index contributed by atoms with van der Waals surface area (Å²) in [5.74, 6) is -0.328. The summed E-state index contributed by atoms with van der Waals surface area (Å²) in [4.78, 5) is 15.5. The van der Waals surface area contributed by atoms with Gasteiger partial charge in [-0.1, -0.05) is 29.8 Å². The molecule has 0 bridgehead atoms. The van der Waals surface area contributed by atoms with Crippen molar-refractivity contribution in [1.29, 1.82) is 0 Å². The van der Waals surface area contributed by atoms with E-state index in [1.54, 1.807) is 36.0 Å². The van der Waals surface area contributed by atoms with Gasteiger partial charge in [-0.25, -0.2) is 14.3 Å². The van der Waals surface area contributed by atoms with Crippen molar-refractivity contribution in [2.24, 2.45) is 0 Å². The zero-order chi connectivity index (χ0) is 19.7. The molecular formula is C21H16ClN3O3. The highest BCUT2D eigenvalue weighted by Crippen LogP contribution is 2.31. The van der Waals surface area contributed by atoms with E-state index in [1.807, 2.05) is 30.3 Å². The number of carbonyl (C=O) groups is 1. The number of carboxylic acid groups (broad SMARTS) is 1. The molecule has 3 heterocycles. The molecule has 0 aliphatic carbocycles. The third kappa shape index (κ3) is 3.42. The van der Waals surface area contributed by atoms with Crippen LogP contribution in [0.15, 0.2) is 60.8 Å². The normalized spacial score (nSPS) is 10.9. The summed E-state index contributed by atoms with van der Waals surface area (Å²) in [5, 5.41) is 14.5. The van der Waals surface area contributed by atoms with E-state index in [0.717, 1.165) is 28.1 Å². The average molecular weight is 394 g/mol.